The Morgan fingerprint density at radius 3 is 2.12 bits per heavy atom. The van der Waals surface area contributed by atoms with Gasteiger partial charge in [0.15, 0.2) is 5.82 Å². The van der Waals surface area contributed by atoms with Crippen LogP contribution in [-0.2, 0) is 12.4 Å². The average Bonchev–Trinajstić information content (AvgIpc) is 3.25. The van der Waals surface area contributed by atoms with Crippen molar-refractivity contribution in [2.45, 2.75) is 12.4 Å². The minimum Gasteiger partial charge on any atom is -0.268 e. The molecule has 174 valence electrons. The Balaban J connectivity index is 1.81. The van der Waals surface area contributed by atoms with Crippen molar-refractivity contribution in [1.29, 1.82) is 0 Å². The van der Waals surface area contributed by atoms with Gasteiger partial charge in [-0.05, 0) is 18.2 Å². The first-order valence-electron chi connectivity index (χ1n) is 9.24. The number of hydrogen-bond donors (Lipinski definition) is 1. The van der Waals surface area contributed by atoms with Crippen LogP contribution in [0.1, 0.15) is 22.3 Å². The lowest BCUT2D eigenvalue weighted by Gasteiger charge is -2.13. The van der Waals surface area contributed by atoms with Crippen LogP contribution in [0.2, 0.25) is 0 Å². The number of benzene rings is 1. The summed E-state index contributed by atoms with van der Waals surface area (Å²) in [7, 11) is 0. The summed E-state index contributed by atoms with van der Waals surface area (Å²) >= 11 is 0. The van der Waals surface area contributed by atoms with Gasteiger partial charge in [-0.25, -0.2) is 24.7 Å². The molecule has 0 saturated heterocycles. The van der Waals surface area contributed by atoms with Crippen LogP contribution in [0.25, 0.3) is 23.2 Å². The minimum absolute atomic E-state index is 0.0217. The number of halogens is 6. The number of H-pyrrole nitrogens is 1. The van der Waals surface area contributed by atoms with E-state index in [9.17, 15) is 31.1 Å². The van der Waals surface area contributed by atoms with E-state index in [1.54, 1.807) is 0 Å². The number of hydrogen-bond acceptors (Lipinski definition) is 6. The minimum atomic E-state index is -5.01. The summed E-state index contributed by atoms with van der Waals surface area (Å²) in [4.78, 5) is 23.3. The van der Waals surface area contributed by atoms with E-state index >= 15 is 0 Å². The van der Waals surface area contributed by atoms with Crippen molar-refractivity contribution in [2.24, 2.45) is 0 Å². The van der Waals surface area contributed by atoms with E-state index in [1.807, 2.05) is 0 Å². The Morgan fingerprint density at radius 2 is 1.53 bits per heavy atom. The SMILES string of the molecule is O=c1cc(C(=Cn2cnc(-c3cc(C(F)(F)F)cc(C(F)(F)F)c3)n2)c2cncnc2)cn[nH]1. The zero-order valence-corrected chi connectivity index (χ0v) is 16.6. The van der Waals surface area contributed by atoms with Crippen LogP contribution < -0.4 is 5.56 Å². The van der Waals surface area contributed by atoms with E-state index in [2.05, 4.69) is 30.2 Å². The van der Waals surface area contributed by atoms with E-state index in [4.69, 9.17) is 0 Å². The van der Waals surface area contributed by atoms with Gasteiger partial charge in [0.2, 0.25) is 0 Å². The lowest BCUT2D eigenvalue weighted by molar-refractivity contribution is -0.143. The van der Waals surface area contributed by atoms with Gasteiger partial charge in [0.05, 0.1) is 17.3 Å². The molecule has 0 bridgehead atoms. The molecule has 0 atom stereocenters. The highest BCUT2D eigenvalue weighted by Crippen LogP contribution is 2.38. The second kappa shape index (κ2) is 8.53. The molecular weight excluding hydrogens is 468 g/mol. The van der Waals surface area contributed by atoms with Crippen molar-refractivity contribution >= 4 is 11.8 Å². The Labute approximate surface area is 185 Å². The van der Waals surface area contributed by atoms with Gasteiger partial charge in [-0.2, -0.15) is 31.4 Å². The van der Waals surface area contributed by atoms with Gasteiger partial charge >= 0.3 is 12.4 Å². The summed E-state index contributed by atoms with van der Waals surface area (Å²) in [6.45, 7) is 0. The van der Waals surface area contributed by atoms with Gasteiger partial charge in [0, 0.05) is 46.9 Å². The smallest absolute Gasteiger partial charge is 0.268 e. The van der Waals surface area contributed by atoms with Crippen molar-refractivity contribution in [3.8, 4) is 11.4 Å². The molecule has 3 heterocycles. The van der Waals surface area contributed by atoms with E-state index in [0.29, 0.717) is 28.8 Å². The fourth-order valence-corrected chi connectivity index (χ4v) is 2.96. The highest BCUT2D eigenvalue weighted by atomic mass is 19.4. The molecule has 1 N–H and O–H groups in total. The maximum atomic E-state index is 13.2. The van der Waals surface area contributed by atoms with Gasteiger partial charge in [-0.3, -0.25) is 4.79 Å². The Hall–Kier alpha value is -4.36. The van der Waals surface area contributed by atoms with Crippen LogP contribution in [-0.4, -0.2) is 34.9 Å². The quantitative estimate of drug-likeness (QED) is 0.446. The third-order valence-corrected chi connectivity index (χ3v) is 4.46. The first-order chi connectivity index (χ1) is 16.0. The Kier molecular flexibility index (Phi) is 5.73. The molecule has 0 amide bonds. The number of nitrogens with zero attached hydrogens (tertiary/aromatic N) is 6. The monoisotopic (exact) mass is 479 g/mol. The van der Waals surface area contributed by atoms with E-state index in [1.165, 1.54) is 37.2 Å². The highest BCUT2D eigenvalue weighted by Gasteiger charge is 2.37. The summed E-state index contributed by atoms with van der Waals surface area (Å²) in [6, 6.07) is 2.32. The molecule has 34 heavy (non-hydrogen) atoms. The zero-order valence-electron chi connectivity index (χ0n) is 16.6. The molecule has 0 aliphatic heterocycles. The van der Waals surface area contributed by atoms with Crippen molar-refractivity contribution in [3.63, 3.8) is 0 Å². The number of nitrogens with one attached hydrogen (secondary N) is 1. The molecule has 0 aliphatic carbocycles. The van der Waals surface area contributed by atoms with Crippen molar-refractivity contribution in [3.05, 3.63) is 88.1 Å². The summed E-state index contributed by atoms with van der Waals surface area (Å²) in [5.74, 6) is -0.374. The third kappa shape index (κ3) is 5.00. The molecule has 14 heteroatoms. The molecule has 0 spiro atoms. The summed E-state index contributed by atoms with van der Waals surface area (Å²) in [5, 5.41) is 9.92. The molecule has 0 unspecified atom stereocenters. The molecule has 0 saturated carbocycles. The number of alkyl halides is 6. The van der Waals surface area contributed by atoms with Crippen molar-refractivity contribution < 1.29 is 26.3 Å². The Bertz CT molecular complexity index is 1370. The average molecular weight is 479 g/mol. The van der Waals surface area contributed by atoms with Gasteiger partial charge in [0.1, 0.15) is 12.7 Å². The van der Waals surface area contributed by atoms with Crippen LogP contribution in [0.15, 0.2) is 60.3 Å². The zero-order chi connectivity index (χ0) is 24.5. The molecule has 4 aromatic rings. The summed E-state index contributed by atoms with van der Waals surface area (Å²) in [5.41, 5.74) is -2.85. The van der Waals surface area contributed by atoms with Crippen LogP contribution >= 0.6 is 0 Å². The van der Waals surface area contributed by atoms with Crippen LogP contribution in [0.3, 0.4) is 0 Å². The van der Waals surface area contributed by atoms with Crippen LogP contribution in [0.4, 0.5) is 26.3 Å². The molecule has 0 aliphatic rings. The topological polar surface area (TPSA) is 102 Å². The van der Waals surface area contributed by atoms with Crippen LogP contribution in [0, 0.1) is 0 Å². The molecule has 0 fully saturated rings. The molecule has 8 nitrogen and oxygen atoms in total. The Morgan fingerprint density at radius 1 is 0.882 bits per heavy atom. The molecule has 3 aromatic heterocycles. The number of rotatable bonds is 4. The largest absolute Gasteiger partial charge is 0.416 e. The standard InChI is InChI=1S/C20H11F6N7O/c21-19(22,23)14-1-11(2-15(4-14)20(24,25)26)18-29-10-33(32-18)8-16(13-5-27-9-28-6-13)12-3-17(34)31-30-7-12/h1-10H,(H,31,34). The fraction of sp³-hybridized carbons (Fsp3) is 0.100. The van der Waals surface area contributed by atoms with E-state index < -0.39 is 34.6 Å². The lowest BCUT2D eigenvalue weighted by atomic mass is 10.0. The predicted molar refractivity (Wildman–Crippen MR) is 106 cm³/mol. The highest BCUT2D eigenvalue weighted by molar-refractivity contribution is 5.86. The molecule has 0 radical (unpaired) electrons. The summed E-state index contributed by atoms with van der Waals surface area (Å²) in [6.07, 6.45) is -2.10. The van der Waals surface area contributed by atoms with Gasteiger partial charge in [-0.15, -0.1) is 5.10 Å². The van der Waals surface area contributed by atoms with Crippen LogP contribution in [0.5, 0.6) is 0 Å². The van der Waals surface area contributed by atoms with Crippen molar-refractivity contribution in [2.75, 3.05) is 0 Å². The molecular formula is C20H11F6N7O. The van der Waals surface area contributed by atoms with Gasteiger partial charge in [-0.1, -0.05) is 0 Å². The van der Waals surface area contributed by atoms with E-state index in [0.717, 1.165) is 11.0 Å². The summed E-state index contributed by atoms with van der Waals surface area (Å²) < 4.78 is 80.1. The lowest BCUT2D eigenvalue weighted by Crippen LogP contribution is -2.11. The second-order valence-corrected chi connectivity index (χ2v) is 6.85. The normalized spacial score (nSPS) is 12.7. The maximum absolute atomic E-state index is 13.2. The van der Waals surface area contributed by atoms with Gasteiger partial charge in [0.25, 0.3) is 5.56 Å². The third-order valence-electron chi connectivity index (χ3n) is 4.46. The predicted octanol–water partition coefficient (Wildman–Crippen LogP) is 3.90. The number of aromatic nitrogens is 7. The van der Waals surface area contributed by atoms with E-state index in [-0.39, 0.29) is 11.9 Å². The molecule has 4 rings (SSSR count). The maximum Gasteiger partial charge on any atom is 0.416 e. The molecule has 1 aromatic carbocycles. The fourth-order valence-electron chi connectivity index (χ4n) is 2.96. The first kappa shape index (κ1) is 22.8. The van der Waals surface area contributed by atoms with Crippen molar-refractivity contribution in [1.82, 2.24) is 34.9 Å². The second-order valence-electron chi connectivity index (χ2n) is 6.85. The van der Waals surface area contributed by atoms with Gasteiger partial charge < -0.3 is 0 Å². The first-order valence-corrected chi connectivity index (χ1v) is 9.24. The number of aromatic amines is 1.